The van der Waals surface area contributed by atoms with Crippen molar-refractivity contribution in [1.82, 2.24) is 9.97 Å². The molecule has 0 aliphatic carbocycles. The molecule has 0 atom stereocenters. The van der Waals surface area contributed by atoms with Gasteiger partial charge in [0.2, 0.25) is 5.91 Å². The summed E-state index contributed by atoms with van der Waals surface area (Å²) < 4.78 is 5.64. The van der Waals surface area contributed by atoms with Crippen LogP contribution in [0, 0.1) is 0 Å². The van der Waals surface area contributed by atoms with E-state index in [1.807, 2.05) is 4.90 Å². The minimum absolute atomic E-state index is 0.124. The normalized spacial score (nSPS) is 16.0. The van der Waals surface area contributed by atoms with Gasteiger partial charge in [-0.1, -0.05) is 25.5 Å². The van der Waals surface area contributed by atoms with Gasteiger partial charge in [0.1, 0.15) is 5.69 Å². The highest BCUT2D eigenvalue weighted by atomic mass is 16.5. The second-order valence-electron chi connectivity index (χ2n) is 7.56. The van der Waals surface area contributed by atoms with E-state index in [1.165, 1.54) is 18.5 Å². The molecule has 0 saturated carbocycles. The van der Waals surface area contributed by atoms with E-state index >= 15 is 0 Å². The third kappa shape index (κ3) is 4.36. The van der Waals surface area contributed by atoms with Gasteiger partial charge in [0.25, 0.3) is 0 Å². The Hall–Kier alpha value is -3.03. The molecule has 29 heavy (non-hydrogen) atoms. The van der Waals surface area contributed by atoms with Gasteiger partial charge in [-0.25, -0.2) is 0 Å². The van der Waals surface area contributed by atoms with Crippen LogP contribution in [0.15, 0.2) is 24.3 Å². The second kappa shape index (κ2) is 8.55. The van der Waals surface area contributed by atoms with Crippen molar-refractivity contribution < 1.29 is 9.53 Å². The Morgan fingerprint density at radius 2 is 1.93 bits per heavy atom. The number of carbonyl (C=O) groups is 1. The highest BCUT2D eigenvalue weighted by molar-refractivity contribution is 6.03. The van der Waals surface area contributed by atoms with Crippen LogP contribution < -0.4 is 25.6 Å². The number of anilines is 4. The number of nitrogens with one attached hydrogen (secondary N) is 1. The fourth-order valence-electron chi connectivity index (χ4n) is 3.73. The van der Waals surface area contributed by atoms with Crippen molar-refractivity contribution in [3.05, 3.63) is 29.8 Å². The van der Waals surface area contributed by atoms with Gasteiger partial charge in [-0.05, 0) is 37.0 Å². The molecule has 0 unspecified atom stereocenters. The van der Waals surface area contributed by atoms with Gasteiger partial charge in [-0.15, -0.1) is 0 Å². The van der Waals surface area contributed by atoms with E-state index in [1.54, 1.807) is 0 Å². The summed E-state index contributed by atoms with van der Waals surface area (Å²) in [5.74, 6) is 0.706. The number of nitrogen functional groups attached to an aromatic ring is 1. The van der Waals surface area contributed by atoms with Gasteiger partial charge in [0.05, 0.1) is 13.2 Å². The van der Waals surface area contributed by atoms with Crippen molar-refractivity contribution in [2.24, 2.45) is 0 Å². The van der Waals surface area contributed by atoms with E-state index in [4.69, 9.17) is 10.5 Å². The van der Waals surface area contributed by atoms with Crippen molar-refractivity contribution in [2.45, 2.75) is 39.2 Å². The average Bonchev–Trinajstić information content (AvgIpc) is 3.24. The number of hydrogen-bond donors (Lipinski definition) is 2. The predicted molar refractivity (Wildman–Crippen MR) is 114 cm³/mol. The maximum atomic E-state index is 12.2. The zero-order valence-corrected chi connectivity index (χ0v) is 16.9. The average molecular weight is 396 g/mol. The predicted octanol–water partition coefficient (Wildman–Crippen LogP) is 2.80. The van der Waals surface area contributed by atoms with Gasteiger partial charge < -0.3 is 25.6 Å². The molecule has 3 heterocycles. The lowest BCUT2D eigenvalue weighted by atomic mass is 10.1. The summed E-state index contributed by atoms with van der Waals surface area (Å²) in [6.45, 7) is 5.65. The van der Waals surface area contributed by atoms with E-state index < -0.39 is 0 Å². The lowest BCUT2D eigenvalue weighted by Gasteiger charge is -2.30. The van der Waals surface area contributed by atoms with Crippen LogP contribution in [-0.2, 0) is 11.3 Å². The number of ether oxygens (including phenoxy) is 1. The standard InChI is InChI=1S/C21H28N6O2/c1-2-3-12-29-21-24-19(22)18-20(25-21)27(14-17(28)23-18)13-15-6-8-16(9-7-15)26-10-4-5-11-26/h6-9H,2-5,10-14H2,1H3,(H,23,28)(H2,22,24,25). The Morgan fingerprint density at radius 1 is 1.17 bits per heavy atom. The van der Waals surface area contributed by atoms with Gasteiger partial charge in [0, 0.05) is 25.3 Å². The lowest BCUT2D eigenvalue weighted by Crippen LogP contribution is -2.39. The van der Waals surface area contributed by atoms with Crippen LogP contribution >= 0.6 is 0 Å². The molecular formula is C21H28N6O2. The highest BCUT2D eigenvalue weighted by Gasteiger charge is 2.27. The van der Waals surface area contributed by atoms with Crippen LogP contribution in [0.4, 0.5) is 23.0 Å². The smallest absolute Gasteiger partial charge is 0.320 e. The first kappa shape index (κ1) is 19.3. The highest BCUT2D eigenvalue weighted by Crippen LogP contribution is 2.34. The molecule has 0 bridgehead atoms. The topological polar surface area (TPSA) is 96.6 Å². The molecular weight excluding hydrogens is 368 g/mol. The second-order valence-corrected chi connectivity index (χ2v) is 7.56. The van der Waals surface area contributed by atoms with E-state index in [0.29, 0.717) is 24.7 Å². The first-order chi connectivity index (χ1) is 14.1. The number of fused-ring (bicyclic) bond motifs is 1. The summed E-state index contributed by atoms with van der Waals surface area (Å²) in [5.41, 5.74) is 8.89. The molecule has 1 saturated heterocycles. The van der Waals surface area contributed by atoms with Crippen LogP contribution in [0.25, 0.3) is 0 Å². The van der Waals surface area contributed by atoms with Crippen molar-refractivity contribution in [1.29, 1.82) is 0 Å². The number of unbranched alkanes of at least 4 members (excludes halogenated alkanes) is 1. The Labute approximate surface area is 171 Å². The first-order valence-corrected chi connectivity index (χ1v) is 10.3. The summed E-state index contributed by atoms with van der Waals surface area (Å²) in [4.78, 5) is 25.2. The number of benzene rings is 1. The molecule has 2 aliphatic heterocycles. The minimum atomic E-state index is -0.124. The molecule has 2 aliphatic rings. The zero-order valence-electron chi connectivity index (χ0n) is 16.9. The number of amides is 1. The molecule has 0 spiro atoms. The summed E-state index contributed by atoms with van der Waals surface area (Å²) in [7, 11) is 0. The SMILES string of the molecule is CCCCOc1nc(N)c2c(n1)N(Cc1ccc(N3CCCC3)cc1)CC(=O)N2. The van der Waals surface area contributed by atoms with Crippen LogP contribution in [-0.4, -0.2) is 42.1 Å². The fourth-order valence-corrected chi connectivity index (χ4v) is 3.73. The molecule has 8 nitrogen and oxygen atoms in total. The maximum Gasteiger partial charge on any atom is 0.320 e. The number of aromatic nitrogens is 2. The first-order valence-electron chi connectivity index (χ1n) is 10.3. The van der Waals surface area contributed by atoms with Gasteiger partial charge >= 0.3 is 6.01 Å². The summed E-state index contributed by atoms with van der Waals surface area (Å²) in [5, 5.41) is 2.79. The van der Waals surface area contributed by atoms with E-state index in [2.05, 4.69) is 51.4 Å². The van der Waals surface area contributed by atoms with Crippen molar-refractivity contribution in [3.63, 3.8) is 0 Å². The van der Waals surface area contributed by atoms with Crippen LogP contribution in [0.5, 0.6) is 6.01 Å². The lowest BCUT2D eigenvalue weighted by molar-refractivity contribution is -0.115. The quantitative estimate of drug-likeness (QED) is 0.695. The van der Waals surface area contributed by atoms with Gasteiger partial charge in [-0.3, -0.25) is 4.79 Å². The Kier molecular flexibility index (Phi) is 5.69. The van der Waals surface area contributed by atoms with Crippen LogP contribution in [0.3, 0.4) is 0 Å². The van der Waals surface area contributed by atoms with Crippen LogP contribution in [0.2, 0.25) is 0 Å². The molecule has 4 rings (SSSR count). The number of hydrogen-bond acceptors (Lipinski definition) is 7. The molecule has 154 valence electrons. The fraction of sp³-hybridized carbons (Fsp3) is 0.476. The number of nitrogens with two attached hydrogens (primary N) is 1. The molecule has 3 N–H and O–H groups in total. The molecule has 1 fully saturated rings. The molecule has 0 radical (unpaired) electrons. The minimum Gasteiger partial charge on any atom is -0.463 e. The number of nitrogens with zero attached hydrogens (tertiary/aromatic N) is 4. The maximum absolute atomic E-state index is 12.2. The Balaban J connectivity index is 1.54. The molecule has 2 aromatic rings. The van der Waals surface area contributed by atoms with Crippen molar-refractivity contribution >= 4 is 28.9 Å². The summed E-state index contributed by atoms with van der Waals surface area (Å²) in [6, 6.07) is 8.78. The van der Waals surface area contributed by atoms with E-state index in [-0.39, 0.29) is 24.3 Å². The molecule has 1 aromatic carbocycles. The van der Waals surface area contributed by atoms with Gasteiger partial charge in [0.15, 0.2) is 11.6 Å². The summed E-state index contributed by atoms with van der Waals surface area (Å²) >= 11 is 0. The third-order valence-electron chi connectivity index (χ3n) is 5.31. The van der Waals surface area contributed by atoms with Crippen LogP contribution in [0.1, 0.15) is 38.2 Å². The number of carbonyl (C=O) groups excluding carboxylic acids is 1. The zero-order chi connectivity index (χ0) is 20.2. The van der Waals surface area contributed by atoms with E-state index in [0.717, 1.165) is 31.5 Å². The Bertz CT molecular complexity index is 864. The number of rotatable bonds is 7. The largest absolute Gasteiger partial charge is 0.463 e. The third-order valence-corrected chi connectivity index (χ3v) is 5.31. The monoisotopic (exact) mass is 396 g/mol. The molecule has 1 amide bonds. The Morgan fingerprint density at radius 3 is 2.66 bits per heavy atom. The molecule has 8 heteroatoms. The van der Waals surface area contributed by atoms with Gasteiger partial charge in [-0.2, -0.15) is 9.97 Å². The summed E-state index contributed by atoms with van der Waals surface area (Å²) in [6.07, 6.45) is 4.45. The van der Waals surface area contributed by atoms with Crippen molar-refractivity contribution in [3.8, 4) is 6.01 Å². The van der Waals surface area contributed by atoms with E-state index in [9.17, 15) is 4.79 Å². The molecule has 1 aromatic heterocycles. The van der Waals surface area contributed by atoms with Crippen molar-refractivity contribution in [2.75, 3.05) is 47.1 Å².